The molecule has 1 heterocycles. The van der Waals surface area contributed by atoms with Crippen LogP contribution in [0.2, 0.25) is 0 Å². The quantitative estimate of drug-likeness (QED) is 0.202. The third-order valence-electron chi connectivity index (χ3n) is 6.34. The second-order valence-corrected chi connectivity index (χ2v) is 13.0. The maximum absolute atomic E-state index is 13.7. The molecule has 0 radical (unpaired) electrons. The highest BCUT2D eigenvalue weighted by Crippen LogP contribution is 2.40. The average molecular weight is 586 g/mol. The molecule has 1 fully saturated rings. The molecule has 12 nitrogen and oxygen atoms in total. The number of nitrogen functional groups attached to an aromatic ring is 1. The van der Waals surface area contributed by atoms with Gasteiger partial charge < -0.3 is 25.4 Å². The fourth-order valence-corrected chi connectivity index (χ4v) is 6.82. The minimum atomic E-state index is -5.19. The number of hydrogen-bond donors (Lipinski definition) is 4. The van der Waals surface area contributed by atoms with Crippen molar-refractivity contribution in [3.8, 4) is 0 Å². The van der Waals surface area contributed by atoms with Crippen LogP contribution in [0.3, 0.4) is 0 Å². The molecule has 39 heavy (non-hydrogen) atoms. The lowest BCUT2D eigenvalue weighted by Crippen LogP contribution is -2.56. The summed E-state index contributed by atoms with van der Waals surface area (Å²) in [6.07, 6.45) is -2.46. The van der Waals surface area contributed by atoms with Gasteiger partial charge in [-0.1, -0.05) is 44.2 Å². The molecule has 0 aromatic heterocycles. The lowest BCUT2D eigenvalue weighted by atomic mass is 9.97. The summed E-state index contributed by atoms with van der Waals surface area (Å²) in [6, 6.07) is 12.6. The minimum Gasteiger partial charge on any atom is -0.465 e. The van der Waals surface area contributed by atoms with E-state index in [1.807, 2.05) is 0 Å². The predicted molar refractivity (Wildman–Crippen MR) is 144 cm³/mol. The van der Waals surface area contributed by atoms with Gasteiger partial charge in [0.2, 0.25) is 10.0 Å². The number of ether oxygens (including phenoxy) is 1. The van der Waals surface area contributed by atoms with Crippen LogP contribution >= 0.6 is 7.82 Å². The summed E-state index contributed by atoms with van der Waals surface area (Å²) in [5.41, 5.74) is 6.78. The van der Waals surface area contributed by atoms with Crippen molar-refractivity contribution in [1.29, 1.82) is 0 Å². The molecule has 0 bridgehead atoms. The summed E-state index contributed by atoms with van der Waals surface area (Å²) < 4.78 is 51.3. The van der Waals surface area contributed by atoms with E-state index in [9.17, 15) is 32.7 Å². The van der Waals surface area contributed by atoms with Crippen LogP contribution in [0.5, 0.6) is 0 Å². The summed E-state index contributed by atoms with van der Waals surface area (Å²) in [5, 5.41) is 10.2. The molecule has 0 unspecified atom stereocenters. The summed E-state index contributed by atoms with van der Waals surface area (Å²) in [5.74, 6) is -0.171. The van der Waals surface area contributed by atoms with Crippen molar-refractivity contribution >= 4 is 29.6 Å². The minimum absolute atomic E-state index is 0.00854. The van der Waals surface area contributed by atoms with Crippen LogP contribution in [-0.2, 0) is 30.3 Å². The van der Waals surface area contributed by atoms with E-state index in [4.69, 9.17) is 15.0 Å². The highest BCUT2D eigenvalue weighted by atomic mass is 32.2. The Kier molecular flexibility index (Phi) is 10.5. The monoisotopic (exact) mass is 585 g/mol. The van der Waals surface area contributed by atoms with Gasteiger partial charge in [0.05, 0.1) is 23.6 Å². The first-order valence-corrected chi connectivity index (χ1v) is 15.5. The zero-order valence-corrected chi connectivity index (χ0v) is 23.6. The third-order valence-corrected chi connectivity index (χ3v) is 8.73. The number of hydrogen-bond acceptors (Lipinski definition) is 7. The van der Waals surface area contributed by atoms with Gasteiger partial charge in [0.15, 0.2) is 0 Å². The number of rotatable bonds is 13. The summed E-state index contributed by atoms with van der Waals surface area (Å²) in [4.78, 5) is 33.3. The highest BCUT2D eigenvalue weighted by molar-refractivity contribution is 7.89. The van der Waals surface area contributed by atoms with Gasteiger partial charge in [-0.15, -0.1) is 0 Å². The van der Waals surface area contributed by atoms with Gasteiger partial charge in [-0.05, 0) is 48.6 Å². The molecule has 1 aliphatic rings. The molecule has 2 aromatic rings. The zero-order valence-electron chi connectivity index (χ0n) is 21.9. The number of amides is 1. The fraction of sp³-hybridized carbons (Fsp3) is 0.480. The van der Waals surface area contributed by atoms with Crippen molar-refractivity contribution < 1.29 is 41.9 Å². The van der Waals surface area contributed by atoms with E-state index in [1.165, 1.54) is 24.3 Å². The van der Waals surface area contributed by atoms with Crippen LogP contribution in [0.15, 0.2) is 59.5 Å². The van der Waals surface area contributed by atoms with Crippen molar-refractivity contribution in [3.05, 3.63) is 60.2 Å². The Balaban J connectivity index is 2.10. The van der Waals surface area contributed by atoms with E-state index in [0.29, 0.717) is 24.3 Å². The van der Waals surface area contributed by atoms with Crippen molar-refractivity contribution in [3.63, 3.8) is 0 Å². The van der Waals surface area contributed by atoms with Crippen molar-refractivity contribution in [1.82, 2.24) is 9.21 Å². The van der Waals surface area contributed by atoms with E-state index < -0.39 is 48.7 Å². The van der Waals surface area contributed by atoms with Gasteiger partial charge >= 0.3 is 13.9 Å². The Bertz CT molecular complexity index is 1230. The van der Waals surface area contributed by atoms with Crippen LogP contribution in [0.25, 0.3) is 0 Å². The number of carbonyl (C=O) groups is 1. The lowest BCUT2D eigenvalue weighted by Gasteiger charge is -2.40. The van der Waals surface area contributed by atoms with Gasteiger partial charge in [-0.2, -0.15) is 4.31 Å². The molecule has 1 aliphatic heterocycles. The number of phosphoric acid groups is 1. The van der Waals surface area contributed by atoms with Gasteiger partial charge in [-0.25, -0.2) is 17.8 Å². The number of nitrogens with two attached hydrogens (primary N) is 1. The molecule has 0 saturated carbocycles. The van der Waals surface area contributed by atoms with Crippen LogP contribution in [0.1, 0.15) is 25.8 Å². The molecule has 5 N–H and O–H groups in total. The van der Waals surface area contributed by atoms with Gasteiger partial charge in [0, 0.05) is 25.4 Å². The van der Waals surface area contributed by atoms with Crippen LogP contribution in [0.4, 0.5) is 10.5 Å². The van der Waals surface area contributed by atoms with E-state index in [2.05, 4.69) is 0 Å². The maximum atomic E-state index is 13.7. The van der Waals surface area contributed by atoms with Gasteiger partial charge in [-0.3, -0.25) is 9.42 Å². The Morgan fingerprint density at radius 3 is 2.28 bits per heavy atom. The number of benzene rings is 2. The average Bonchev–Trinajstić information content (AvgIpc) is 3.36. The second kappa shape index (κ2) is 13.2. The molecule has 1 amide bonds. The smallest absolute Gasteiger partial charge is 0.465 e. The largest absolute Gasteiger partial charge is 0.469 e. The van der Waals surface area contributed by atoms with Crippen molar-refractivity contribution in [2.75, 3.05) is 32.0 Å². The van der Waals surface area contributed by atoms with Crippen LogP contribution in [-0.4, -0.2) is 83.1 Å². The molecule has 14 heteroatoms. The molecular formula is C25H36N3O9PS. The van der Waals surface area contributed by atoms with E-state index >= 15 is 0 Å². The summed E-state index contributed by atoms with van der Waals surface area (Å²) in [7, 11) is -9.37. The topological polar surface area (TPSA) is 180 Å². The maximum Gasteiger partial charge on any atom is 0.469 e. The van der Waals surface area contributed by atoms with Gasteiger partial charge in [0.25, 0.3) is 0 Å². The number of phosphoric ester groups is 1. The van der Waals surface area contributed by atoms with Crippen LogP contribution in [0, 0.1) is 5.92 Å². The van der Waals surface area contributed by atoms with Crippen molar-refractivity contribution in [2.24, 2.45) is 5.92 Å². The zero-order chi connectivity index (χ0) is 28.8. The summed E-state index contributed by atoms with van der Waals surface area (Å²) in [6.45, 7) is 3.49. The first kappa shape index (κ1) is 31.0. The second-order valence-electron chi connectivity index (χ2n) is 9.88. The lowest BCUT2D eigenvalue weighted by molar-refractivity contribution is 0.0144. The molecule has 0 spiro atoms. The molecule has 2 aromatic carbocycles. The van der Waals surface area contributed by atoms with E-state index in [-0.39, 0.29) is 30.4 Å². The van der Waals surface area contributed by atoms with Gasteiger partial charge in [0.1, 0.15) is 6.10 Å². The Morgan fingerprint density at radius 2 is 1.77 bits per heavy atom. The standard InChI is InChI=1S/C25H36N3O9PS/c1-18(2)15-27(39(34,35)22-10-8-20(26)9-11-22)16-24(37-38(31,32)33)23(14-19-6-4-3-5-7-19)28(25(29)30)21-12-13-36-17-21/h3-11,18,21,23-24H,12-17,26H2,1-2H3,(H,29,30)(H2,31,32,33)/t21-,23-,24+/m0/s1. The highest BCUT2D eigenvalue weighted by Gasteiger charge is 2.42. The fourth-order valence-electron chi connectivity index (χ4n) is 4.64. The van der Waals surface area contributed by atoms with E-state index in [0.717, 1.165) is 9.21 Å². The number of anilines is 1. The predicted octanol–water partition coefficient (Wildman–Crippen LogP) is 2.77. The normalized spacial score (nSPS) is 17.8. The molecule has 216 valence electrons. The Labute approximate surface area is 228 Å². The van der Waals surface area contributed by atoms with Crippen molar-refractivity contribution in [2.45, 2.75) is 49.8 Å². The SMILES string of the molecule is CC(C)CN(C[C@@H](OP(=O)(O)O)[C@H](Cc1ccccc1)N(C(=O)O)[C@H]1CCOC1)S(=O)(=O)c1ccc(N)cc1. The first-order valence-electron chi connectivity index (χ1n) is 12.5. The Morgan fingerprint density at radius 1 is 1.13 bits per heavy atom. The molecule has 3 atom stereocenters. The molecule has 0 aliphatic carbocycles. The molecule has 3 rings (SSSR count). The summed E-state index contributed by atoms with van der Waals surface area (Å²) >= 11 is 0. The first-order chi connectivity index (χ1) is 18.3. The number of sulfonamides is 1. The molecular weight excluding hydrogens is 549 g/mol. The number of carboxylic acid groups (broad SMARTS) is 1. The third kappa shape index (κ3) is 8.74. The Hall–Kier alpha value is -2.51. The number of nitrogens with zero attached hydrogens (tertiary/aromatic N) is 2. The van der Waals surface area contributed by atoms with E-state index in [1.54, 1.807) is 44.2 Å². The van der Waals surface area contributed by atoms with Crippen LogP contribution < -0.4 is 5.73 Å². The molecule has 1 saturated heterocycles.